The van der Waals surface area contributed by atoms with E-state index in [0.29, 0.717) is 19.4 Å². The zero-order valence-electron chi connectivity index (χ0n) is 9.56. The van der Waals surface area contributed by atoms with Gasteiger partial charge in [0.2, 0.25) is 0 Å². The third-order valence-electron chi connectivity index (χ3n) is 2.21. The van der Waals surface area contributed by atoms with Crippen molar-refractivity contribution < 1.29 is 14.7 Å². The van der Waals surface area contributed by atoms with Gasteiger partial charge in [0.15, 0.2) is 0 Å². The molecule has 17 heavy (non-hydrogen) atoms. The fourth-order valence-electron chi connectivity index (χ4n) is 1.28. The van der Waals surface area contributed by atoms with E-state index in [1.54, 1.807) is 19.3 Å². The highest BCUT2D eigenvalue weighted by Crippen LogP contribution is 1.91. The van der Waals surface area contributed by atoms with Gasteiger partial charge in [0.25, 0.3) is 0 Å². The maximum Gasteiger partial charge on any atom is 0.326 e. The van der Waals surface area contributed by atoms with Crippen molar-refractivity contribution in [2.24, 2.45) is 0 Å². The second kappa shape index (κ2) is 6.51. The zero-order valence-corrected chi connectivity index (χ0v) is 9.56. The van der Waals surface area contributed by atoms with Crippen molar-refractivity contribution in [1.82, 2.24) is 20.6 Å². The molecule has 0 aliphatic rings. The first kappa shape index (κ1) is 13.0. The molecule has 0 unspecified atom stereocenters. The average Bonchev–Trinajstić information content (AvgIpc) is 2.78. The van der Waals surface area contributed by atoms with Gasteiger partial charge in [-0.1, -0.05) is 6.92 Å². The lowest BCUT2D eigenvalue weighted by Crippen LogP contribution is -2.46. The summed E-state index contributed by atoms with van der Waals surface area (Å²) < 4.78 is 0. The number of carboxylic acids is 1. The van der Waals surface area contributed by atoms with Gasteiger partial charge >= 0.3 is 12.0 Å². The number of imidazole rings is 1. The molecule has 0 aliphatic heterocycles. The smallest absolute Gasteiger partial charge is 0.326 e. The maximum absolute atomic E-state index is 11.3. The summed E-state index contributed by atoms with van der Waals surface area (Å²) in [7, 11) is 0. The van der Waals surface area contributed by atoms with Crippen LogP contribution in [0.25, 0.3) is 0 Å². The third kappa shape index (κ3) is 4.54. The summed E-state index contributed by atoms with van der Waals surface area (Å²) in [5.41, 5.74) is 0. The van der Waals surface area contributed by atoms with E-state index in [4.69, 9.17) is 5.11 Å². The molecule has 1 atom stereocenters. The van der Waals surface area contributed by atoms with E-state index in [2.05, 4.69) is 20.6 Å². The minimum Gasteiger partial charge on any atom is -0.480 e. The number of amides is 2. The first-order valence-corrected chi connectivity index (χ1v) is 5.39. The Morgan fingerprint density at radius 3 is 2.88 bits per heavy atom. The highest BCUT2D eigenvalue weighted by molar-refractivity contribution is 5.82. The molecule has 0 spiro atoms. The number of aromatic amines is 1. The van der Waals surface area contributed by atoms with E-state index in [0.717, 1.165) is 5.82 Å². The van der Waals surface area contributed by atoms with Crippen molar-refractivity contribution in [1.29, 1.82) is 0 Å². The molecular weight excluding hydrogens is 224 g/mol. The number of carbonyl (C=O) groups excluding carboxylic acids is 1. The molecule has 1 heterocycles. The molecule has 1 rings (SSSR count). The lowest BCUT2D eigenvalue weighted by atomic mass is 10.2. The van der Waals surface area contributed by atoms with Crippen LogP contribution in [-0.2, 0) is 11.2 Å². The van der Waals surface area contributed by atoms with Gasteiger partial charge in [0.05, 0.1) is 0 Å². The molecule has 0 aromatic carbocycles. The van der Waals surface area contributed by atoms with Crippen molar-refractivity contribution in [3.8, 4) is 0 Å². The third-order valence-corrected chi connectivity index (χ3v) is 2.21. The van der Waals surface area contributed by atoms with Crippen LogP contribution in [0.2, 0.25) is 0 Å². The molecular formula is C10H16N4O3. The molecule has 0 bridgehead atoms. The monoisotopic (exact) mass is 240 g/mol. The molecule has 1 aromatic heterocycles. The van der Waals surface area contributed by atoms with Gasteiger partial charge in [-0.25, -0.2) is 14.6 Å². The van der Waals surface area contributed by atoms with Crippen LogP contribution in [0.4, 0.5) is 4.79 Å². The van der Waals surface area contributed by atoms with E-state index in [1.165, 1.54) is 0 Å². The fourth-order valence-corrected chi connectivity index (χ4v) is 1.28. The van der Waals surface area contributed by atoms with E-state index in [9.17, 15) is 9.59 Å². The molecule has 0 aliphatic carbocycles. The number of carbonyl (C=O) groups is 2. The Bertz CT molecular complexity index is 364. The Morgan fingerprint density at radius 2 is 2.35 bits per heavy atom. The molecule has 2 amide bonds. The molecule has 94 valence electrons. The summed E-state index contributed by atoms with van der Waals surface area (Å²) in [4.78, 5) is 28.9. The SMILES string of the molecule is CC[C@@H](NC(=O)NCCc1ncc[nH]1)C(=O)O. The Labute approximate surface area is 98.6 Å². The van der Waals surface area contributed by atoms with Crippen LogP contribution in [0.3, 0.4) is 0 Å². The maximum atomic E-state index is 11.3. The number of nitrogens with zero attached hydrogens (tertiary/aromatic N) is 1. The van der Waals surface area contributed by atoms with Crippen LogP contribution in [0.5, 0.6) is 0 Å². The molecule has 0 saturated heterocycles. The number of nitrogens with one attached hydrogen (secondary N) is 3. The van der Waals surface area contributed by atoms with E-state index >= 15 is 0 Å². The van der Waals surface area contributed by atoms with Gasteiger partial charge < -0.3 is 20.7 Å². The van der Waals surface area contributed by atoms with Crippen LogP contribution in [0, 0.1) is 0 Å². The molecule has 0 saturated carbocycles. The summed E-state index contributed by atoms with van der Waals surface area (Å²) in [5.74, 6) is -0.260. The standard InChI is InChI=1S/C10H16N4O3/c1-2-7(9(15)16)14-10(17)13-4-3-8-11-5-6-12-8/h5-7H,2-4H2,1H3,(H,11,12)(H,15,16)(H2,13,14,17)/t7-/m1/s1. The second-order valence-corrected chi connectivity index (χ2v) is 3.49. The van der Waals surface area contributed by atoms with Crippen molar-refractivity contribution in [2.45, 2.75) is 25.8 Å². The van der Waals surface area contributed by atoms with Gasteiger partial charge in [0.1, 0.15) is 11.9 Å². The van der Waals surface area contributed by atoms with Gasteiger partial charge in [-0.15, -0.1) is 0 Å². The Morgan fingerprint density at radius 1 is 1.59 bits per heavy atom. The Hall–Kier alpha value is -2.05. The summed E-state index contributed by atoms with van der Waals surface area (Å²) in [6.45, 7) is 2.09. The van der Waals surface area contributed by atoms with Crippen molar-refractivity contribution in [2.75, 3.05) is 6.54 Å². The van der Waals surface area contributed by atoms with Gasteiger partial charge in [-0.2, -0.15) is 0 Å². The average molecular weight is 240 g/mol. The normalized spacial score (nSPS) is 11.8. The number of urea groups is 1. The first-order valence-electron chi connectivity index (χ1n) is 5.39. The van der Waals surface area contributed by atoms with Crippen LogP contribution in [0.1, 0.15) is 19.2 Å². The number of aliphatic carboxylic acids is 1. The van der Waals surface area contributed by atoms with E-state index in [1.807, 2.05) is 0 Å². The number of hydrogen-bond acceptors (Lipinski definition) is 3. The number of carboxylic acid groups (broad SMARTS) is 1. The fraction of sp³-hybridized carbons (Fsp3) is 0.500. The highest BCUT2D eigenvalue weighted by atomic mass is 16.4. The lowest BCUT2D eigenvalue weighted by molar-refractivity contribution is -0.139. The highest BCUT2D eigenvalue weighted by Gasteiger charge is 2.16. The quantitative estimate of drug-likeness (QED) is 0.566. The molecule has 7 heteroatoms. The van der Waals surface area contributed by atoms with Gasteiger partial charge in [-0.05, 0) is 6.42 Å². The predicted octanol–water partition coefficient (Wildman–Crippen LogP) is 0.115. The van der Waals surface area contributed by atoms with Crippen molar-refractivity contribution >= 4 is 12.0 Å². The van der Waals surface area contributed by atoms with Gasteiger partial charge in [-0.3, -0.25) is 0 Å². The van der Waals surface area contributed by atoms with Crippen molar-refractivity contribution in [3.63, 3.8) is 0 Å². The van der Waals surface area contributed by atoms with Crippen molar-refractivity contribution in [3.05, 3.63) is 18.2 Å². The van der Waals surface area contributed by atoms with Crippen LogP contribution >= 0.6 is 0 Å². The number of hydrogen-bond donors (Lipinski definition) is 4. The minimum atomic E-state index is -1.03. The predicted molar refractivity (Wildman–Crippen MR) is 60.5 cm³/mol. The topological polar surface area (TPSA) is 107 Å². The Kier molecular flexibility index (Phi) is 4.99. The summed E-state index contributed by atoms with van der Waals surface area (Å²) in [6, 6.07) is -1.33. The lowest BCUT2D eigenvalue weighted by Gasteiger charge is -2.12. The number of rotatable bonds is 6. The van der Waals surface area contributed by atoms with Crippen LogP contribution in [-0.4, -0.2) is 39.7 Å². The number of aromatic nitrogens is 2. The summed E-state index contributed by atoms with van der Waals surface area (Å²) in [6.07, 6.45) is 4.26. The summed E-state index contributed by atoms with van der Waals surface area (Å²) in [5, 5.41) is 13.7. The van der Waals surface area contributed by atoms with E-state index in [-0.39, 0.29) is 0 Å². The summed E-state index contributed by atoms with van der Waals surface area (Å²) >= 11 is 0. The first-order chi connectivity index (χ1) is 8.13. The Balaban J connectivity index is 2.23. The second-order valence-electron chi connectivity index (χ2n) is 3.49. The van der Waals surface area contributed by atoms with Crippen LogP contribution in [0.15, 0.2) is 12.4 Å². The molecule has 1 aromatic rings. The minimum absolute atomic E-state index is 0.348. The molecule has 7 nitrogen and oxygen atoms in total. The van der Waals surface area contributed by atoms with E-state index < -0.39 is 18.0 Å². The molecule has 0 radical (unpaired) electrons. The van der Waals surface area contributed by atoms with Gasteiger partial charge in [0, 0.05) is 25.4 Å². The van der Waals surface area contributed by atoms with Crippen LogP contribution < -0.4 is 10.6 Å². The molecule has 4 N–H and O–H groups in total. The zero-order chi connectivity index (χ0) is 12.7. The largest absolute Gasteiger partial charge is 0.480 e. The number of H-pyrrole nitrogens is 1. The molecule has 0 fully saturated rings.